The highest BCUT2D eigenvalue weighted by molar-refractivity contribution is 7.71. The molecule has 4 heteroatoms. The van der Waals surface area contributed by atoms with Crippen LogP contribution in [0.5, 0.6) is 5.75 Å². The third-order valence-corrected chi connectivity index (χ3v) is 2.20. The summed E-state index contributed by atoms with van der Waals surface area (Å²) in [5, 5.41) is 0. The number of hydrogen-bond donors (Lipinski definition) is 1. The van der Waals surface area contributed by atoms with Crippen molar-refractivity contribution in [1.29, 1.82) is 0 Å². The molecule has 0 fully saturated rings. The normalized spacial score (nSPS) is 10.2. The minimum absolute atomic E-state index is 0.388. The van der Waals surface area contributed by atoms with Crippen molar-refractivity contribution in [3.05, 3.63) is 35.4 Å². The van der Waals surface area contributed by atoms with Crippen molar-refractivity contribution in [3.8, 4) is 17.0 Å². The molecule has 1 heterocycles. The van der Waals surface area contributed by atoms with Gasteiger partial charge in [0, 0.05) is 5.56 Å². The molecule has 0 saturated carbocycles. The predicted octanol–water partition coefficient (Wildman–Crippen LogP) is 3.40. The highest BCUT2D eigenvalue weighted by Gasteiger charge is 2.00. The SMILES string of the molecule is CCOc1ccc(-c2coc(=S)[nH]2)cc1. The van der Waals surface area contributed by atoms with E-state index in [4.69, 9.17) is 21.4 Å². The first kappa shape index (κ1) is 9.98. The van der Waals surface area contributed by atoms with Gasteiger partial charge in [0.15, 0.2) is 0 Å². The zero-order valence-corrected chi connectivity index (χ0v) is 9.14. The second-order valence-corrected chi connectivity index (χ2v) is 3.39. The summed E-state index contributed by atoms with van der Waals surface area (Å²) in [5.74, 6) is 0.864. The highest BCUT2D eigenvalue weighted by Crippen LogP contribution is 2.20. The maximum absolute atomic E-state index is 5.35. The Labute approximate surface area is 92.7 Å². The standard InChI is InChI=1S/C11H11NO2S/c1-2-13-9-5-3-8(4-6-9)10-7-14-11(15)12-10/h3-7H,2H2,1H3,(H,12,15). The molecule has 0 atom stereocenters. The van der Waals surface area contributed by atoms with Crippen LogP contribution in [0.3, 0.4) is 0 Å². The van der Waals surface area contributed by atoms with E-state index in [1.807, 2.05) is 31.2 Å². The van der Waals surface area contributed by atoms with Crippen molar-refractivity contribution < 1.29 is 9.15 Å². The van der Waals surface area contributed by atoms with Crippen LogP contribution in [0.25, 0.3) is 11.3 Å². The fraction of sp³-hybridized carbons (Fsp3) is 0.182. The third kappa shape index (κ3) is 2.27. The average Bonchev–Trinajstić information content (AvgIpc) is 2.67. The lowest BCUT2D eigenvalue weighted by molar-refractivity contribution is 0.340. The molecule has 0 radical (unpaired) electrons. The van der Waals surface area contributed by atoms with Crippen molar-refractivity contribution in [3.63, 3.8) is 0 Å². The number of benzene rings is 1. The van der Waals surface area contributed by atoms with Gasteiger partial charge in [-0.05, 0) is 43.4 Å². The van der Waals surface area contributed by atoms with Crippen LogP contribution in [0.2, 0.25) is 0 Å². The molecule has 0 spiro atoms. The van der Waals surface area contributed by atoms with Crippen LogP contribution in [-0.2, 0) is 0 Å². The highest BCUT2D eigenvalue weighted by atomic mass is 32.1. The molecule has 1 N–H and O–H groups in total. The Morgan fingerprint density at radius 1 is 1.33 bits per heavy atom. The van der Waals surface area contributed by atoms with Crippen molar-refractivity contribution in [2.75, 3.05) is 6.61 Å². The van der Waals surface area contributed by atoms with E-state index in [9.17, 15) is 0 Å². The van der Waals surface area contributed by atoms with Crippen molar-refractivity contribution >= 4 is 12.2 Å². The molecule has 0 amide bonds. The third-order valence-electron chi connectivity index (χ3n) is 2.00. The summed E-state index contributed by atoms with van der Waals surface area (Å²) in [6, 6.07) is 7.76. The lowest BCUT2D eigenvalue weighted by Gasteiger charge is -2.02. The largest absolute Gasteiger partial charge is 0.494 e. The Morgan fingerprint density at radius 2 is 2.07 bits per heavy atom. The molecule has 0 aliphatic heterocycles. The fourth-order valence-electron chi connectivity index (χ4n) is 1.32. The number of hydrogen-bond acceptors (Lipinski definition) is 3. The first-order chi connectivity index (χ1) is 7.29. The van der Waals surface area contributed by atoms with E-state index < -0.39 is 0 Å². The molecule has 78 valence electrons. The van der Waals surface area contributed by atoms with Gasteiger partial charge in [-0.3, -0.25) is 0 Å². The maximum Gasteiger partial charge on any atom is 0.266 e. The Kier molecular flexibility index (Phi) is 2.87. The first-order valence-corrected chi connectivity index (χ1v) is 5.11. The molecule has 0 aliphatic rings. The second kappa shape index (κ2) is 4.31. The zero-order chi connectivity index (χ0) is 10.7. The van der Waals surface area contributed by atoms with E-state index in [1.54, 1.807) is 6.26 Å². The first-order valence-electron chi connectivity index (χ1n) is 4.70. The quantitative estimate of drug-likeness (QED) is 0.807. The molecule has 15 heavy (non-hydrogen) atoms. The van der Waals surface area contributed by atoms with Gasteiger partial charge in [-0.25, -0.2) is 0 Å². The Bertz CT molecular complexity index is 484. The maximum atomic E-state index is 5.35. The van der Waals surface area contributed by atoms with Gasteiger partial charge in [0.25, 0.3) is 4.84 Å². The van der Waals surface area contributed by atoms with Gasteiger partial charge < -0.3 is 14.1 Å². The van der Waals surface area contributed by atoms with Crippen LogP contribution in [0.15, 0.2) is 34.9 Å². The molecule has 2 rings (SSSR count). The number of aromatic nitrogens is 1. The van der Waals surface area contributed by atoms with Crippen LogP contribution in [0.4, 0.5) is 0 Å². The molecule has 1 aromatic carbocycles. The van der Waals surface area contributed by atoms with Crippen LogP contribution < -0.4 is 4.74 Å². The Balaban J connectivity index is 2.27. The average molecular weight is 221 g/mol. The molecule has 3 nitrogen and oxygen atoms in total. The fourth-order valence-corrected chi connectivity index (χ4v) is 1.48. The Morgan fingerprint density at radius 3 is 2.60 bits per heavy atom. The minimum Gasteiger partial charge on any atom is -0.494 e. The van der Waals surface area contributed by atoms with E-state index in [0.717, 1.165) is 17.0 Å². The van der Waals surface area contributed by atoms with Gasteiger partial charge in [-0.2, -0.15) is 0 Å². The zero-order valence-electron chi connectivity index (χ0n) is 8.32. The lowest BCUT2D eigenvalue weighted by Crippen LogP contribution is -1.90. The molecule has 0 aliphatic carbocycles. The summed E-state index contributed by atoms with van der Waals surface area (Å²) < 4.78 is 10.4. The molecule has 0 unspecified atom stereocenters. The number of ether oxygens (including phenoxy) is 1. The van der Waals surface area contributed by atoms with Gasteiger partial charge in [0.1, 0.15) is 12.0 Å². The molecule has 2 aromatic rings. The van der Waals surface area contributed by atoms with E-state index >= 15 is 0 Å². The second-order valence-electron chi connectivity index (χ2n) is 3.02. The van der Waals surface area contributed by atoms with Crippen LogP contribution in [0, 0.1) is 4.84 Å². The number of nitrogens with one attached hydrogen (secondary N) is 1. The molecule has 0 saturated heterocycles. The number of rotatable bonds is 3. The summed E-state index contributed by atoms with van der Waals surface area (Å²) >= 11 is 4.85. The monoisotopic (exact) mass is 221 g/mol. The van der Waals surface area contributed by atoms with Crippen LogP contribution in [0.1, 0.15) is 6.92 Å². The summed E-state index contributed by atoms with van der Waals surface area (Å²) in [6.07, 6.45) is 1.61. The smallest absolute Gasteiger partial charge is 0.266 e. The van der Waals surface area contributed by atoms with Gasteiger partial charge >= 0.3 is 0 Å². The van der Waals surface area contributed by atoms with Crippen molar-refractivity contribution in [2.24, 2.45) is 0 Å². The lowest BCUT2D eigenvalue weighted by atomic mass is 10.2. The molecule has 0 bridgehead atoms. The van der Waals surface area contributed by atoms with E-state index in [-0.39, 0.29) is 0 Å². The topological polar surface area (TPSA) is 38.2 Å². The predicted molar refractivity (Wildman–Crippen MR) is 60.5 cm³/mol. The van der Waals surface area contributed by atoms with E-state index in [1.165, 1.54) is 0 Å². The van der Waals surface area contributed by atoms with E-state index in [2.05, 4.69) is 4.98 Å². The van der Waals surface area contributed by atoms with Gasteiger partial charge in [-0.15, -0.1) is 0 Å². The Hall–Kier alpha value is -1.55. The molecular formula is C11H11NO2S. The van der Waals surface area contributed by atoms with Gasteiger partial charge in [0.05, 0.1) is 12.3 Å². The van der Waals surface area contributed by atoms with Crippen LogP contribution >= 0.6 is 12.2 Å². The molecular weight excluding hydrogens is 210 g/mol. The summed E-state index contributed by atoms with van der Waals surface area (Å²) in [7, 11) is 0. The minimum atomic E-state index is 0.388. The number of oxazole rings is 1. The summed E-state index contributed by atoms with van der Waals surface area (Å²) in [5.41, 5.74) is 1.90. The van der Waals surface area contributed by atoms with Crippen molar-refractivity contribution in [1.82, 2.24) is 4.98 Å². The van der Waals surface area contributed by atoms with Gasteiger partial charge in [0.2, 0.25) is 0 Å². The molecule has 1 aromatic heterocycles. The van der Waals surface area contributed by atoms with Crippen molar-refractivity contribution in [2.45, 2.75) is 6.92 Å². The number of H-pyrrole nitrogens is 1. The number of aromatic amines is 1. The van der Waals surface area contributed by atoms with Crippen LogP contribution in [-0.4, -0.2) is 11.6 Å². The van der Waals surface area contributed by atoms with E-state index in [0.29, 0.717) is 11.4 Å². The van der Waals surface area contributed by atoms with Gasteiger partial charge in [-0.1, -0.05) is 0 Å². The summed E-state index contributed by atoms with van der Waals surface area (Å²) in [6.45, 7) is 2.63. The summed E-state index contributed by atoms with van der Waals surface area (Å²) in [4.78, 5) is 3.34.